The average Bonchev–Trinajstić information content (AvgIpc) is 2.67. The first-order chi connectivity index (χ1) is 12.7. The van der Waals surface area contributed by atoms with E-state index < -0.39 is 11.9 Å². The zero-order chi connectivity index (χ0) is 18.5. The molecule has 1 fully saturated rings. The Morgan fingerprint density at radius 3 is 2.42 bits per heavy atom. The van der Waals surface area contributed by atoms with E-state index in [0.717, 1.165) is 5.56 Å². The first kappa shape index (κ1) is 18.2. The molecule has 0 saturated carbocycles. The van der Waals surface area contributed by atoms with Crippen LogP contribution in [0.4, 0.5) is 4.39 Å². The number of methoxy groups -OCH3 is 2. The summed E-state index contributed by atoms with van der Waals surface area (Å²) >= 11 is 0. The Morgan fingerprint density at radius 2 is 1.73 bits per heavy atom. The van der Waals surface area contributed by atoms with Gasteiger partial charge >= 0.3 is 0 Å². The third-order valence-electron chi connectivity index (χ3n) is 4.44. The van der Waals surface area contributed by atoms with E-state index in [9.17, 15) is 9.18 Å². The van der Waals surface area contributed by atoms with E-state index in [4.69, 9.17) is 14.2 Å². The van der Waals surface area contributed by atoms with Gasteiger partial charge < -0.3 is 19.1 Å². The Balaban J connectivity index is 1.87. The highest BCUT2D eigenvalue weighted by Gasteiger charge is 2.51. The van der Waals surface area contributed by atoms with Gasteiger partial charge in [0.2, 0.25) is 6.10 Å². The van der Waals surface area contributed by atoms with Gasteiger partial charge in [0.25, 0.3) is 5.91 Å². The number of β-lactam (4-membered cyclic amide) rings is 1. The normalized spacial score (nSPS) is 19.2. The predicted molar refractivity (Wildman–Crippen MR) is 94.8 cm³/mol. The molecule has 26 heavy (non-hydrogen) atoms. The zero-order valence-electron chi connectivity index (χ0n) is 14.9. The second kappa shape index (κ2) is 8.19. The van der Waals surface area contributed by atoms with Gasteiger partial charge in [0.05, 0.1) is 7.11 Å². The van der Waals surface area contributed by atoms with Crippen molar-refractivity contribution in [2.45, 2.75) is 18.6 Å². The third-order valence-corrected chi connectivity index (χ3v) is 4.44. The molecule has 1 amide bonds. The molecule has 2 aromatic rings. The molecule has 2 atom stereocenters. The minimum absolute atomic E-state index is 0.0716. The van der Waals surface area contributed by atoms with Gasteiger partial charge in [0, 0.05) is 25.8 Å². The van der Waals surface area contributed by atoms with Crippen molar-refractivity contribution in [2.24, 2.45) is 0 Å². The number of rotatable bonds is 8. The van der Waals surface area contributed by atoms with E-state index in [0.29, 0.717) is 25.3 Å². The number of hydrogen-bond donors (Lipinski definition) is 0. The maximum atomic E-state index is 14.0. The van der Waals surface area contributed by atoms with Crippen LogP contribution in [-0.4, -0.2) is 44.3 Å². The van der Waals surface area contributed by atoms with Crippen molar-refractivity contribution in [1.82, 2.24) is 4.90 Å². The molecule has 1 aliphatic heterocycles. The molecule has 0 aromatic heterocycles. The molecule has 0 aliphatic carbocycles. The lowest BCUT2D eigenvalue weighted by atomic mass is 9.89. The zero-order valence-corrected chi connectivity index (χ0v) is 14.9. The number of hydrogen-bond acceptors (Lipinski definition) is 4. The van der Waals surface area contributed by atoms with E-state index in [1.54, 1.807) is 31.3 Å². The third kappa shape index (κ3) is 3.51. The van der Waals surface area contributed by atoms with Crippen LogP contribution in [0.1, 0.15) is 18.0 Å². The van der Waals surface area contributed by atoms with Crippen molar-refractivity contribution in [2.75, 3.05) is 27.4 Å². The second-order valence-electron chi connectivity index (χ2n) is 6.03. The molecule has 138 valence electrons. The standard InChI is InChI=1S/C20H22FNO4/c1-24-13-7-12-22-18(14-8-3-5-10-16(14)25-2)19(20(22)23)26-17-11-6-4-9-15(17)21/h3-6,8-11,18-19H,7,12-13H2,1-2H3. The maximum absolute atomic E-state index is 14.0. The Bertz CT molecular complexity index is 767. The van der Waals surface area contributed by atoms with Gasteiger partial charge in [0.1, 0.15) is 11.8 Å². The van der Waals surface area contributed by atoms with Crippen molar-refractivity contribution in [3.8, 4) is 11.5 Å². The topological polar surface area (TPSA) is 48.0 Å². The van der Waals surface area contributed by atoms with Crippen LogP contribution in [0.5, 0.6) is 11.5 Å². The summed E-state index contributed by atoms with van der Waals surface area (Å²) in [5.41, 5.74) is 0.841. The van der Waals surface area contributed by atoms with Crippen LogP contribution in [0.2, 0.25) is 0 Å². The molecule has 0 N–H and O–H groups in total. The number of nitrogens with zero attached hydrogens (tertiary/aromatic N) is 1. The molecule has 1 saturated heterocycles. The Kier molecular flexibility index (Phi) is 5.73. The first-order valence-electron chi connectivity index (χ1n) is 8.51. The number of amides is 1. The molecule has 6 heteroatoms. The van der Waals surface area contributed by atoms with E-state index in [-0.39, 0.29) is 17.7 Å². The Labute approximate surface area is 152 Å². The molecule has 0 spiro atoms. The summed E-state index contributed by atoms with van der Waals surface area (Å²) in [7, 11) is 3.21. The second-order valence-corrected chi connectivity index (χ2v) is 6.03. The van der Waals surface area contributed by atoms with Crippen LogP contribution in [0.25, 0.3) is 0 Å². The van der Waals surface area contributed by atoms with E-state index in [1.807, 2.05) is 24.3 Å². The monoisotopic (exact) mass is 359 g/mol. The number of carbonyl (C=O) groups excluding carboxylic acids is 1. The van der Waals surface area contributed by atoms with Gasteiger partial charge in [0.15, 0.2) is 11.6 Å². The molecule has 1 aliphatic rings. The molecule has 3 rings (SSSR count). The largest absolute Gasteiger partial charge is 0.496 e. The average molecular weight is 359 g/mol. The number of benzene rings is 2. The minimum Gasteiger partial charge on any atom is -0.496 e. The highest BCUT2D eigenvalue weighted by molar-refractivity contribution is 5.89. The van der Waals surface area contributed by atoms with Crippen LogP contribution in [-0.2, 0) is 9.53 Å². The SMILES string of the molecule is COCCCN1C(=O)C(Oc2ccccc2F)C1c1ccccc1OC. The van der Waals surface area contributed by atoms with Crippen LogP contribution in [0, 0.1) is 5.82 Å². The Morgan fingerprint density at radius 1 is 1.04 bits per heavy atom. The molecular weight excluding hydrogens is 337 g/mol. The van der Waals surface area contributed by atoms with E-state index >= 15 is 0 Å². The fraction of sp³-hybridized carbons (Fsp3) is 0.350. The summed E-state index contributed by atoms with van der Waals surface area (Å²) in [6.45, 7) is 1.09. The molecule has 0 radical (unpaired) electrons. The molecule has 0 bridgehead atoms. The van der Waals surface area contributed by atoms with Crippen LogP contribution in [0.15, 0.2) is 48.5 Å². The van der Waals surface area contributed by atoms with Crippen molar-refractivity contribution in [3.63, 3.8) is 0 Å². The van der Waals surface area contributed by atoms with Crippen molar-refractivity contribution in [3.05, 3.63) is 59.9 Å². The van der Waals surface area contributed by atoms with Crippen LogP contribution >= 0.6 is 0 Å². The van der Waals surface area contributed by atoms with Gasteiger partial charge in [-0.2, -0.15) is 0 Å². The van der Waals surface area contributed by atoms with Gasteiger partial charge in [-0.3, -0.25) is 4.79 Å². The lowest BCUT2D eigenvalue weighted by Gasteiger charge is -2.47. The summed E-state index contributed by atoms with van der Waals surface area (Å²) in [4.78, 5) is 14.4. The quantitative estimate of drug-likeness (QED) is 0.536. The smallest absolute Gasteiger partial charge is 0.266 e. The fourth-order valence-electron chi connectivity index (χ4n) is 3.18. The van der Waals surface area contributed by atoms with Crippen molar-refractivity contribution < 1.29 is 23.4 Å². The number of likely N-dealkylation sites (tertiary alicyclic amines) is 1. The first-order valence-corrected chi connectivity index (χ1v) is 8.51. The predicted octanol–water partition coefficient (Wildman–Crippen LogP) is 3.20. The number of halogens is 1. The molecule has 1 heterocycles. The lowest BCUT2D eigenvalue weighted by Crippen LogP contribution is -2.61. The van der Waals surface area contributed by atoms with E-state index in [2.05, 4.69) is 0 Å². The van der Waals surface area contributed by atoms with Crippen molar-refractivity contribution >= 4 is 5.91 Å². The van der Waals surface area contributed by atoms with Crippen LogP contribution < -0.4 is 9.47 Å². The molecular formula is C20H22FNO4. The molecule has 5 nitrogen and oxygen atoms in total. The summed E-state index contributed by atoms with van der Waals surface area (Å²) in [5, 5.41) is 0. The highest BCUT2D eigenvalue weighted by Crippen LogP contribution is 2.41. The maximum Gasteiger partial charge on any atom is 0.266 e. The van der Waals surface area contributed by atoms with Gasteiger partial charge in [-0.05, 0) is 24.6 Å². The number of carbonyl (C=O) groups is 1. The Hall–Kier alpha value is -2.60. The highest BCUT2D eigenvalue weighted by atomic mass is 19.1. The minimum atomic E-state index is -0.786. The number of ether oxygens (including phenoxy) is 3. The number of para-hydroxylation sites is 2. The summed E-state index contributed by atoms with van der Waals surface area (Å²) < 4.78 is 30.2. The molecule has 2 aromatic carbocycles. The van der Waals surface area contributed by atoms with Crippen LogP contribution in [0.3, 0.4) is 0 Å². The van der Waals surface area contributed by atoms with Crippen molar-refractivity contribution in [1.29, 1.82) is 0 Å². The fourth-order valence-corrected chi connectivity index (χ4v) is 3.18. The van der Waals surface area contributed by atoms with Gasteiger partial charge in [-0.15, -0.1) is 0 Å². The molecule has 2 unspecified atom stereocenters. The lowest BCUT2D eigenvalue weighted by molar-refractivity contribution is -0.164. The van der Waals surface area contributed by atoms with Gasteiger partial charge in [-0.25, -0.2) is 4.39 Å². The summed E-state index contributed by atoms with van der Waals surface area (Å²) in [6.07, 6.45) is -0.0777. The van der Waals surface area contributed by atoms with E-state index in [1.165, 1.54) is 12.1 Å². The van der Waals surface area contributed by atoms with Gasteiger partial charge in [-0.1, -0.05) is 30.3 Å². The summed E-state index contributed by atoms with van der Waals surface area (Å²) in [5.74, 6) is 0.0864. The summed E-state index contributed by atoms with van der Waals surface area (Å²) in [6, 6.07) is 13.2.